The number of rotatable bonds is 8. The highest BCUT2D eigenvalue weighted by Crippen LogP contribution is 2.30. The monoisotopic (exact) mass is 534 g/mol. The SMILES string of the molecule is CCC(C)CNC(=O)c1ccc(OC2CCN(CC3CCCCC3)CC2)c(Cl)c1.O=C(O)C(F)(F)F. The molecular formula is C26H38ClF3N2O4. The number of alkyl halides is 3. The Morgan fingerprint density at radius 3 is 2.31 bits per heavy atom. The quantitative estimate of drug-likeness (QED) is 0.417. The number of hydrogen-bond donors (Lipinski definition) is 2. The molecule has 1 unspecified atom stereocenters. The maximum absolute atomic E-state index is 12.3. The van der Waals surface area contributed by atoms with Crippen molar-refractivity contribution in [2.45, 2.75) is 77.5 Å². The highest BCUT2D eigenvalue weighted by atomic mass is 35.5. The summed E-state index contributed by atoms with van der Waals surface area (Å²) >= 11 is 6.42. The van der Waals surface area contributed by atoms with Crippen LogP contribution in [-0.2, 0) is 4.79 Å². The number of likely N-dealkylation sites (tertiary alicyclic amines) is 1. The van der Waals surface area contributed by atoms with Crippen molar-refractivity contribution in [1.82, 2.24) is 10.2 Å². The van der Waals surface area contributed by atoms with E-state index in [-0.39, 0.29) is 12.0 Å². The summed E-state index contributed by atoms with van der Waals surface area (Å²) in [4.78, 5) is 23.8. The molecule has 36 heavy (non-hydrogen) atoms. The van der Waals surface area contributed by atoms with E-state index in [1.54, 1.807) is 6.07 Å². The smallest absolute Gasteiger partial charge is 0.489 e. The van der Waals surface area contributed by atoms with Crippen LogP contribution in [-0.4, -0.2) is 60.3 Å². The number of hydrogen-bond acceptors (Lipinski definition) is 4. The second-order valence-corrected chi connectivity index (χ2v) is 10.2. The second-order valence-electron chi connectivity index (χ2n) is 9.79. The van der Waals surface area contributed by atoms with Crippen LogP contribution in [0.3, 0.4) is 0 Å². The summed E-state index contributed by atoms with van der Waals surface area (Å²) in [5.41, 5.74) is 0.591. The van der Waals surface area contributed by atoms with E-state index in [2.05, 4.69) is 24.1 Å². The fourth-order valence-corrected chi connectivity index (χ4v) is 4.60. The molecule has 1 saturated heterocycles. The number of nitrogens with zero attached hydrogens (tertiary/aromatic N) is 1. The topological polar surface area (TPSA) is 78.9 Å². The van der Waals surface area contributed by atoms with Crippen molar-refractivity contribution < 1.29 is 32.6 Å². The van der Waals surface area contributed by atoms with Crippen molar-refractivity contribution in [2.75, 3.05) is 26.2 Å². The average molecular weight is 535 g/mol. The van der Waals surface area contributed by atoms with Gasteiger partial charge in [-0.15, -0.1) is 0 Å². The lowest BCUT2D eigenvalue weighted by Crippen LogP contribution is -2.41. The molecule has 2 fully saturated rings. The van der Waals surface area contributed by atoms with E-state index >= 15 is 0 Å². The van der Waals surface area contributed by atoms with Crippen LogP contribution in [0.25, 0.3) is 0 Å². The van der Waals surface area contributed by atoms with E-state index < -0.39 is 12.1 Å². The fraction of sp³-hybridized carbons (Fsp3) is 0.692. The number of benzene rings is 1. The van der Waals surface area contributed by atoms with Gasteiger partial charge in [-0.05, 0) is 55.7 Å². The van der Waals surface area contributed by atoms with Crippen molar-refractivity contribution >= 4 is 23.5 Å². The van der Waals surface area contributed by atoms with Crippen LogP contribution in [0.1, 0.15) is 75.6 Å². The van der Waals surface area contributed by atoms with Gasteiger partial charge in [-0.2, -0.15) is 13.2 Å². The van der Waals surface area contributed by atoms with Crippen molar-refractivity contribution in [3.63, 3.8) is 0 Å². The molecule has 0 spiro atoms. The number of carboxylic acid groups (broad SMARTS) is 1. The molecule has 204 valence electrons. The summed E-state index contributed by atoms with van der Waals surface area (Å²) in [5.74, 6) is -0.770. The molecule has 1 aliphatic carbocycles. The minimum absolute atomic E-state index is 0.0743. The lowest BCUT2D eigenvalue weighted by Gasteiger charge is -2.35. The highest BCUT2D eigenvalue weighted by molar-refractivity contribution is 6.32. The van der Waals surface area contributed by atoms with E-state index in [1.807, 2.05) is 12.1 Å². The van der Waals surface area contributed by atoms with Crippen LogP contribution in [0.2, 0.25) is 5.02 Å². The summed E-state index contributed by atoms with van der Waals surface area (Å²) < 4.78 is 37.9. The van der Waals surface area contributed by atoms with E-state index in [0.717, 1.165) is 38.3 Å². The lowest BCUT2D eigenvalue weighted by atomic mass is 9.88. The normalized spacial score (nSPS) is 18.6. The Bertz CT molecular complexity index is 839. The van der Waals surface area contributed by atoms with Crippen LogP contribution in [0, 0.1) is 11.8 Å². The largest absolute Gasteiger partial charge is 0.490 e. The van der Waals surface area contributed by atoms with Crippen LogP contribution in [0.5, 0.6) is 5.75 Å². The minimum Gasteiger partial charge on any atom is -0.489 e. The first-order valence-electron chi connectivity index (χ1n) is 12.8. The fourth-order valence-electron chi connectivity index (χ4n) is 4.38. The Balaban J connectivity index is 0.000000572. The average Bonchev–Trinajstić information content (AvgIpc) is 2.85. The molecule has 3 rings (SSSR count). The summed E-state index contributed by atoms with van der Waals surface area (Å²) in [5, 5.41) is 10.6. The van der Waals surface area contributed by atoms with Crippen molar-refractivity contribution in [2.24, 2.45) is 11.8 Å². The van der Waals surface area contributed by atoms with Gasteiger partial charge in [0, 0.05) is 31.7 Å². The number of carbonyl (C=O) groups excluding carboxylic acids is 1. The third-order valence-corrected chi connectivity index (χ3v) is 7.11. The van der Waals surface area contributed by atoms with Crippen molar-refractivity contribution in [3.8, 4) is 5.75 Å². The lowest BCUT2D eigenvalue weighted by molar-refractivity contribution is -0.192. The maximum Gasteiger partial charge on any atom is 0.490 e. The molecule has 1 aromatic carbocycles. The Morgan fingerprint density at radius 1 is 1.17 bits per heavy atom. The Kier molecular flexibility index (Phi) is 12.3. The molecule has 2 N–H and O–H groups in total. The Morgan fingerprint density at radius 2 is 1.78 bits per heavy atom. The molecule has 1 aromatic rings. The van der Waals surface area contributed by atoms with E-state index in [4.69, 9.17) is 26.2 Å². The number of halogens is 4. The van der Waals surface area contributed by atoms with E-state index in [1.165, 1.54) is 38.6 Å². The summed E-state index contributed by atoms with van der Waals surface area (Å²) in [6, 6.07) is 5.38. The molecule has 6 nitrogen and oxygen atoms in total. The van der Waals surface area contributed by atoms with E-state index in [9.17, 15) is 18.0 Å². The van der Waals surface area contributed by atoms with Gasteiger partial charge < -0.3 is 20.1 Å². The van der Waals surface area contributed by atoms with Gasteiger partial charge in [0.15, 0.2) is 0 Å². The number of nitrogens with one attached hydrogen (secondary N) is 1. The van der Waals surface area contributed by atoms with Crippen LogP contribution in [0.15, 0.2) is 18.2 Å². The zero-order valence-electron chi connectivity index (χ0n) is 21.1. The van der Waals surface area contributed by atoms with Crippen LogP contribution in [0.4, 0.5) is 13.2 Å². The zero-order chi connectivity index (χ0) is 26.7. The molecule has 1 amide bonds. The number of piperidine rings is 1. The first-order valence-corrected chi connectivity index (χ1v) is 13.1. The van der Waals surface area contributed by atoms with Gasteiger partial charge in [-0.25, -0.2) is 4.79 Å². The molecular weight excluding hydrogens is 497 g/mol. The third-order valence-electron chi connectivity index (χ3n) is 6.81. The van der Waals surface area contributed by atoms with Gasteiger partial charge in [-0.1, -0.05) is 51.1 Å². The second kappa shape index (κ2) is 14.7. The van der Waals surface area contributed by atoms with Gasteiger partial charge in [0.05, 0.1) is 5.02 Å². The molecule has 2 aliphatic rings. The summed E-state index contributed by atoms with van der Waals surface area (Å²) in [6.07, 6.45) is 5.31. The molecule has 1 saturated carbocycles. The van der Waals surface area contributed by atoms with Gasteiger partial charge >= 0.3 is 12.1 Å². The van der Waals surface area contributed by atoms with Gasteiger partial charge in [0.25, 0.3) is 5.91 Å². The van der Waals surface area contributed by atoms with Crippen LogP contribution < -0.4 is 10.1 Å². The molecule has 1 aliphatic heterocycles. The first-order chi connectivity index (χ1) is 17.0. The van der Waals surface area contributed by atoms with Crippen molar-refractivity contribution in [3.05, 3.63) is 28.8 Å². The Hall–Kier alpha value is -2.00. The molecule has 1 heterocycles. The van der Waals surface area contributed by atoms with Gasteiger partial charge in [-0.3, -0.25) is 4.79 Å². The van der Waals surface area contributed by atoms with Crippen molar-refractivity contribution in [1.29, 1.82) is 0 Å². The number of carboxylic acids is 1. The molecule has 0 radical (unpaired) electrons. The molecule has 0 bridgehead atoms. The van der Waals surface area contributed by atoms with Gasteiger partial charge in [0.1, 0.15) is 11.9 Å². The maximum atomic E-state index is 12.3. The Labute approximate surface area is 216 Å². The predicted octanol–water partition coefficient (Wildman–Crippen LogP) is 6.17. The zero-order valence-corrected chi connectivity index (χ0v) is 21.8. The number of ether oxygens (including phenoxy) is 1. The van der Waals surface area contributed by atoms with Gasteiger partial charge in [0.2, 0.25) is 0 Å². The minimum atomic E-state index is -5.08. The number of amides is 1. The molecule has 1 atom stereocenters. The predicted molar refractivity (Wildman–Crippen MR) is 134 cm³/mol. The highest BCUT2D eigenvalue weighted by Gasteiger charge is 2.38. The molecule has 10 heteroatoms. The molecule has 0 aromatic heterocycles. The summed E-state index contributed by atoms with van der Waals surface area (Å²) in [6.45, 7) is 8.41. The first kappa shape index (κ1) is 30.2. The standard InChI is InChI=1S/C24H37ClN2O2.C2HF3O2/c1-3-18(2)16-26-24(28)20-9-10-23(22(25)15-20)29-21-11-13-27(14-12-21)17-19-7-5-4-6-8-19;3-2(4,5)1(6)7/h9-10,15,18-19,21H,3-8,11-14,16-17H2,1-2H3,(H,26,28);(H,6,7). The summed E-state index contributed by atoms with van der Waals surface area (Å²) in [7, 11) is 0. The third kappa shape index (κ3) is 10.5. The van der Waals surface area contributed by atoms with Crippen LogP contribution >= 0.6 is 11.6 Å². The number of carbonyl (C=O) groups is 2. The number of aliphatic carboxylic acids is 1. The van der Waals surface area contributed by atoms with E-state index in [0.29, 0.717) is 28.8 Å².